The van der Waals surface area contributed by atoms with Crippen LogP contribution >= 0.6 is 23.2 Å². The fourth-order valence-corrected chi connectivity index (χ4v) is 2.31. The molecule has 0 saturated heterocycles. The third kappa shape index (κ3) is 2.02. The summed E-state index contributed by atoms with van der Waals surface area (Å²) in [5.41, 5.74) is 1.80. The van der Waals surface area contributed by atoms with E-state index in [0.717, 1.165) is 16.5 Å². The molecule has 0 aliphatic carbocycles. The van der Waals surface area contributed by atoms with Crippen LogP contribution in [-0.4, -0.2) is 4.98 Å². The zero-order valence-electron chi connectivity index (χ0n) is 9.51. The van der Waals surface area contributed by atoms with Gasteiger partial charge in [0.05, 0.1) is 10.5 Å². The predicted molar refractivity (Wildman–Crippen MR) is 70.5 cm³/mol. The van der Waals surface area contributed by atoms with Gasteiger partial charge in [0, 0.05) is 5.39 Å². The summed E-state index contributed by atoms with van der Waals surface area (Å²) in [4.78, 5) is 4.38. The standard InChI is InChI=1S/C13H13Cl2N/c1-13(2,3)9-7-8-5-4-6-10(14)11(8)16-12(9)15/h4-7H,1-3H3. The molecule has 84 valence electrons. The normalized spacial score (nSPS) is 12.1. The predicted octanol–water partition coefficient (Wildman–Crippen LogP) is 4.84. The Morgan fingerprint density at radius 1 is 1.12 bits per heavy atom. The number of rotatable bonds is 0. The first-order chi connectivity index (χ1) is 7.39. The second kappa shape index (κ2) is 3.90. The Hall–Kier alpha value is -0.790. The fraction of sp³-hybridized carbons (Fsp3) is 0.308. The summed E-state index contributed by atoms with van der Waals surface area (Å²) >= 11 is 12.3. The van der Waals surface area contributed by atoms with Crippen LogP contribution in [0.1, 0.15) is 26.3 Å². The van der Waals surface area contributed by atoms with E-state index in [0.29, 0.717) is 10.2 Å². The van der Waals surface area contributed by atoms with E-state index in [1.54, 1.807) is 0 Å². The minimum absolute atomic E-state index is 0.0133. The van der Waals surface area contributed by atoms with Crippen molar-refractivity contribution in [2.75, 3.05) is 0 Å². The van der Waals surface area contributed by atoms with Crippen LogP contribution in [0, 0.1) is 0 Å². The molecule has 0 aliphatic heterocycles. The number of nitrogens with zero attached hydrogens (tertiary/aromatic N) is 1. The Bertz CT molecular complexity index is 541. The highest BCUT2D eigenvalue weighted by molar-refractivity contribution is 6.36. The van der Waals surface area contributed by atoms with E-state index >= 15 is 0 Å². The van der Waals surface area contributed by atoms with E-state index in [2.05, 4.69) is 31.8 Å². The van der Waals surface area contributed by atoms with E-state index in [1.165, 1.54) is 0 Å². The van der Waals surface area contributed by atoms with Crippen LogP contribution in [0.2, 0.25) is 10.2 Å². The van der Waals surface area contributed by atoms with Gasteiger partial charge < -0.3 is 0 Å². The van der Waals surface area contributed by atoms with Crippen LogP contribution in [0.5, 0.6) is 0 Å². The topological polar surface area (TPSA) is 12.9 Å². The van der Waals surface area contributed by atoms with Crippen molar-refractivity contribution in [1.29, 1.82) is 0 Å². The summed E-state index contributed by atoms with van der Waals surface area (Å²) in [5, 5.41) is 2.20. The van der Waals surface area contributed by atoms with Crippen LogP contribution < -0.4 is 0 Å². The largest absolute Gasteiger partial charge is 0.234 e. The van der Waals surface area contributed by atoms with Crippen LogP contribution in [0.25, 0.3) is 10.9 Å². The molecule has 0 N–H and O–H groups in total. The van der Waals surface area contributed by atoms with Gasteiger partial charge in [-0.2, -0.15) is 0 Å². The SMILES string of the molecule is CC(C)(C)c1cc2cccc(Cl)c2nc1Cl. The van der Waals surface area contributed by atoms with Gasteiger partial charge in [0.1, 0.15) is 5.15 Å². The summed E-state index contributed by atoms with van der Waals surface area (Å²) in [6, 6.07) is 7.81. The van der Waals surface area contributed by atoms with Crippen LogP contribution in [-0.2, 0) is 5.41 Å². The highest BCUT2D eigenvalue weighted by Gasteiger charge is 2.19. The molecular formula is C13H13Cl2N. The molecule has 2 aromatic rings. The van der Waals surface area contributed by atoms with Gasteiger partial charge in [-0.1, -0.05) is 56.1 Å². The molecule has 0 amide bonds. The first-order valence-electron chi connectivity index (χ1n) is 5.15. The van der Waals surface area contributed by atoms with E-state index in [9.17, 15) is 0 Å². The molecule has 0 saturated carbocycles. The number of aromatic nitrogens is 1. The molecule has 2 rings (SSSR count). The highest BCUT2D eigenvalue weighted by Crippen LogP contribution is 2.32. The van der Waals surface area contributed by atoms with Crippen molar-refractivity contribution in [3.8, 4) is 0 Å². The molecule has 0 atom stereocenters. The smallest absolute Gasteiger partial charge is 0.133 e. The fourth-order valence-electron chi connectivity index (χ4n) is 1.67. The van der Waals surface area contributed by atoms with Gasteiger partial charge in [0.15, 0.2) is 0 Å². The first-order valence-corrected chi connectivity index (χ1v) is 5.90. The van der Waals surface area contributed by atoms with Crippen molar-refractivity contribution in [3.63, 3.8) is 0 Å². The molecule has 1 nitrogen and oxygen atoms in total. The number of halogens is 2. The number of pyridine rings is 1. The minimum atomic E-state index is -0.0133. The monoisotopic (exact) mass is 253 g/mol. The van der Waals surface area contributed by atoms with Crippen LogP contribution in [0.3, 0.4) is 0 Å². The number of para-hydroxylation sites is 1. The van der Waals surface area contributed by atoms with Crippen molar-refractivity contribution in [3.05, 3.63) is 40.0 Å². The molecule has 1 aromatic carbocycles. The quantitative estimate of drug-likeness (QED) is 0.613. The molecule has 0 bridgehead atoms. The molecule has 1 aromatic heterocycles. The van der Waals surface area contributed by atoms with Crippen molar-refractivity contribution >= 4 is 34.1 Å². The molecule has 0 aliphatic rings. The molecule has 0 fully saturated rings. The van der Waals surface area contributed by atoms with Crippen molar-refractivity contribution in [2.24, 2.45) is 0 Å². The summed E-state index contributed by atoms with van der Waals surface area (Å²) in [7, 11) is 0. The second-order valence-corrected chi connectivity index (χ2v) is 5.65. The van der Waals surface area contributed by atoms with E-state index in [1.807, 2.05) is 18.2 Å². The number of hydrogen-bond donors (Lipinski definition) is 0. The van der Waals surface area contributed by atoms with Gasteiger partial charge in [-0.3, -0.25) is 0 Å². The maximum Gasteiger partial charge on any atom is 0.133 e. The van der Waals surface area contributed by atoms with Crippen LogP contribution in [0.4, 0.5) is 0 Å². The lowest BCUT2D eigenvalue weighted by Crippen LogP contribution is -2.12. The summed E-state index contributed by atoms with van der Waals surface area (Å²) < 4.78 is 0. The molecule has 0 spiro atoms. The van der Waals surface area contributed by atoms with E-state index < -0.39 is 0 Å². The maximum atomic E-state index is 6.19. The Balaban J connectivity index is 2.78. The number of hydrogen-bond acceptors (Lipinski definition) is 1. The lowest BCUT2D eigenvalue weighted by Gasteiger charge is -2.20. The molecule has 3 heteroatoms. The van der Waals surface area contributed by atoms with Crippen molar-refractivity contribution in [1.82, 2.24) is 4.98 Å². The third-order valence-corrected chi connectivity index (χ3v) is 3.15. The first kappa shape index (κ1) is 11.7. The molecule has 1 heterocycles. The average molecular weight is 254 g/mol. The van der Waals surface area contributed by atoms with Crippen molar-refractivity contribution < 1.29 is 0 Å². The highest BCUT2D eigenvalue weighted by atomic mass is 35.5. The van der Waals surface area contributed by atoms with E-state index in [4.69, 9.17) is 23.2 Å². The second-order valence-electron chi connectivity index (χ2n) is 4.89. The Morgan fingerprint density at radius 2 is 1.81 bits per heavy atom. The molecule has 0 unspecified atom stereocenters. The Kier molecular flexibility index (Phi) is 2.85. The Morgan fingerprint density at radius 3 is 2.44 bits per heavy atom. The zero-order chi connectivity index (χ0) is 11.9. The van der Waals surface area contributed by atoms with Crippen molar-refractivity contribution in [2.45, 2.75) is 26.2 Å². The molecular weight excluding hydrogens is 241 g/mol. The summed E-state index contributed by atoms with van der Waals surface area (Å²) in [6.45, 7) is 6.35. The van der Waals surface area contributed by atoms with Gasteiger partial charge in [-0.05, 0) is 23.1 Å². The summed E-state index contributed by atoms with van der Waals surface area (Å²) in [5.74, 6) is 0. The molecule has 0 radical (unpaired) electrons. The number of fused-ring (bicyclic) bond motifs is 1. The summed E-state index contributed by atoms with van der Waals surface area (Å²) in [6.07, 6.45) is 0. The molecule has 16 heavy (non-hydrogen) atoms. The zero-order valence-corrected chi connectivity index (χ0v) is 11.0. The van der Waals surface area contributed by atoms with E-state index in [-0.39, 0.29) is 5.41 Å². The van der Waals surface area contributed by atoms with Gasteiger partial charge in [-0.15, -0.1) is 0 Å². The minimum Gasteiger partial charge on any atom is -0.234 e. The van der Waals surface area contributed by atoms with Gasteiger partial charge in [0.25, 0.3) is 0 Å². The van der Waals surface area contributed by atoms with Gasteiger partial charge in [0.2, 0.25) is 0 Å². The van der Waals surface area contributed by atoms with Gasteiger partial charge in [-0.25, -0.2) is 4.98 Å². The Labute approximate surface area is 105 Å². The third-order valence-electron chi connectivity index (χ3n) is 2.56. The lowest BCUT2D eigenvalue weighted by molar-refractivity contribution is 0.589. The number of benzene rings is 1. The maximum absolute atomic E-state index is 6.19. The lowest BCUT2D eigenvalue weighted by atomic mass is 9.87. The van der Waals surface area contributed by atoms with Crippen LogP contribution in [0.15, 0.2) is 24.3 Å². The van der Waals surface area contributed by atoms with Gasteiger partial charge >= 0.3 is 0 Å². The average Bonchev–Trinajstić information content (AvgIpc) is 2.17.